The first kappa shape index (κ1) is 28.9. The van der Waals surface area contributed by atoms with E-state index in [1.165, 1.54) is 98.8 Å². The highest BCUT2D eigenvalue weighted by atomic mass is 15.0. The molecule has 242 valence electrons. The van der Waals surface area contributed by atoms with Crippen molar-refractivity contribution in [3.8, 4) is 33.6 Å². The van der Waals surface area contributed by atoms with E-state index in [0.29, 0.717) is 0 Å². The molecule has 2 heterocycles. The van der Waals surface area contributed by atoms with Crippen LogP contribution in [0.2, 0.25) is 0 Å². The van der Waals surface area contributed by atoms with Crippen LogP contribution in [-0.2, 0) is 0 Å². The van der Waals surface area contributed by atoms with Crippen molar-refractivity contribution in [3.63, 3.8) is 0 Å². The van der Waals surface area contributed by atoms with Crippen LogP contribution >= 0.6 is 0 Å². The van der Waals surface area contributed by atoms with E-state index in [1.807, 2.05) is 0 Å². The summed E-state index contributed by atoms with van der Waals surface area (Å²) in [5.74, 6) is 0. The van der Waals surface area contributed by atoms with Crippen LogP contribution in [0, 0.1) is 0 Å². The van der Waals surface area contributed by atoms with Crippen molar-refractivity contribution >= 4 is 65.2 Å². The molecule has 0 radical (unpaired) electrons. The summed E-state index contributed by atoms with van der Waals surface area (Å²) in [6.45, 7) is 0. The molecule has 2 nitrogen and oxygen atoms in total. The van der Waals surface area contributed by atoms with Crippen LogP contribution in [0.1, 0.15) is 0 Å². The summed E-state index contributed by atoms with van der Waals surface area (Å²) in [4.78, 5) is 0. The summed E-state index contributed by atoms with van der Waals surface area (Å²) in [7, 11) is 0. The molecule has 0 aliphatic heterocycles. The summed E-state index contributed by atoms with van der Waals surface area (Å²) in [5.41, 5.74) is 12.2. The maximum Gasteiger partial charge on any atom is 0.0541 e. The van der Waals surface area contributed by atoms with Gasteiger partial charge in [-0.05, 0) is 93.0 Å². The third-order valence-electron chi connectivity index (χ3n) is 10.9. The van der Waals surface area contributed by atoms with Gasteiger partial charge in [0.2, 0.25) is 0 Å². The molecule has 52 heavy (non-hydrogen) atoms. The molecule has 0 atom stereocenters. The predicted octanol–water partition coefficient (Wildman–Crippen LogP) is 13.5. The van der Waals surface area contributed by atoms with Gasteiger partial charge >= 0.3 is 0 Å². The molecule has 0 spiro atoms. The smallest absolute Gasteiger partial charge is 0.0541 e. The third kappa shape index (κ3) is 4.25. The lowest BCUT2D eigenvalue weighted by Gasteiger charge is -2.14. The van der Waals surface area contributed by atoms with Crippen molar-refractivity contribution in [2.75, 3.05) is 0 Å². The zero-order valence-corrected chi connectivity index (χ0v) is 28.4. The first-order valence-electron chi connectivity index (χ1n) is 17.9. The van der Waals surface area contributed by atoms with Gasteiger partial charge in [-0.1, -0.05) is 140 Å². The predicted molar refractivity (Wildman–Crippen MR) is 221 cm³/mol. The minimum absolute atomic E-state index is 1.17. The van der Waals surface area contributed by atoms with Crippen molar-refractivity contribution < 1.29 is 0 Å². The standard InChI is InChI=1S/C50H32N2/c1-2-15-36(16-3-1)51-47-22-10-8-20-42(47)44-31-34(25-29-49(44)51)37-27-28-38(41-19-7-6-18-40(37)41)35-26-30-50-45(32-35)43-21-9-11-23-48(43)52(50)46-24-12-14-33-13-4-5-17-39(33)46/h1-32H. The molecule has 0 unspecified atom stereocenters. The Hall–Kier alpha value is -6.90. The summed E-state index contributed by atoms with van der Waals surface area (Å²) >= 11 is 0. The lowest BCUT2D eigenvalue weighted by molar-refractivity contribution is 1.18. The summed E-state index contributed by atoms with van der Waals surface area (Å²) in [6, 6.07) is 71.0. The van der Waals surface area contributed by atoms with E-state index in [1.54, 1.807) is 0 Å². The van der Waals surface area contributed by atoms with Gasteiger partial charge in [0.25, 0.3) is 0 Å². The second kappa shape index (κ2) is 11.3. The molecule has 0 aliphatic carbocycles. The Morgan fingerprint density at radius 3 is 1.37 bits per heavy atom. The Morgan fingerprint density at radius 2 is 0.731 bits per heavy atom. The minimum Gasteiger partial charge on any atom is -0.309 e. The van der Waals surface area contributed by atoms with Gasteiger partial charge in [-0.15, -0.1) is 0 Å². The molecular formula is C50H32N2. The van der Waals surface area contributed by atoms with E-state index in [0.717, 1.165) is 0 Å². The first-order chi connectivity index (χ1) is 25.8. The Balaban J connectivity index is 1.09. The Bertz CT molecular complexity index is 3170. The fraction of sp³-hybridized carbons (Fsp3) is 0. The normalized spacial score (nSPS) is 11.8. The van der Waals surface area contributed by atoms with Crippen LogP contribution < -0.4 is 0 Å². The zero-order chi connectivity index (χ0) is 34.2. The highest BCUT2D eigenvalue weighted by Gasteiger charge is 2.18. The van der Waals surface area contributed by atoms with Crippen LogP contribution in [0.25, 0.3) is 98.8 Å². The number of benzene rings is 9. The average molecular weight is 661 g/mol. The van der Waals surface area contributed by atoms with Gasteiger partial charge in [0.15, 0.2) is 0 Å². The SMILES string of the molecule is c1ccc(-n2c3ccccc3c3cc(-c4ccc(-c5ccc6c(c5)c5ccccc5n6-c5cccc6ccccc56)c5ccccc45)ccc32)cc1. The van der Waals surface area contributed by atoms with Gasteiger partial charge in [0, 0.05) is 32.6 Å². The maximum absolute atomic E-state index is 2.43. The van der Waals surface area contributed by atoms with Crippen molar-refractivity contribution in [3.05, 3.63) is 194 Å². The van der Waals surface area contributed by atoms with Gasteiger partial charge in [0.1, 0.15) is 0 Å². The van der Waals surface area contributed by atoms with Crippen LogP contribution in [0.3, 0.4) is 0 Å². The number of rotatable bonds is 4. The van der Waals surface area contributed by atoms with Crippen LogP contribution in [0.15, 0.2) is 194 Å². The fourth-order valence-electron chi connectivity index (χ4n) is 8.60. The second-order valence-corrected chi connectivity index (χ2v) is 13.7. The van der Waals surface area contributed by atoms with Crippen molar-refractivity contribution in [2.24, 2.45) is 0 Å². The van der Waals surface area contributed by atoms with Gasteiger partial charge in [0.05, 0.1) is 27.8 Å². The van der Waals surface area contributed by atoms with Crippen molar-refractivity contribution in [2.45, 2.75) is 0 Å². The van der Waals surface area contributed by atoms with E-state index in [-0.39, 0.29) is 0 Å². The number of hydrogen-bond donors (Lipinski definition) is 0. The summed E-state index contributed by atoms with van der Waals surface area (Å²) in [5, 5.41) is 10.0. The Labute approximate surface area is 301 Å². The third-order valence-corrected chi connectivity index (χ3v) is 10.9. The molecule has 0 N–H and O–H groups in total. The molecule has 2 heteroatoms. The molecule has 0 fully saturated rings. The van der Waals surface area contributed by atoms with Gasteiger partial charge in [-0.25, -0.2) is 0 Å². The second-order valence-electron chi connectivity index (χ2n) is 13.7. The van der Waals surface area contributed by atoms with Gasteiger partial charge in [-0.3, -0.25) is 0 Å². The van der Waals surface area contributed by atoms with Crippen LogP contribution in [-0.4, -0.2) is 9.13 Å². The molecule has 0 saturated heterocycles. The first-order valence-corrected chi connectivity index (χ1v) is 17.9. The Morgan fingerprint density at radius 1 is 0.269 bits per heavy atom. The number of aromatic nitrogens is 2. The Kier molecular flexibility index (Phi) is 6.28. The van der Waals surface area contributed by atoms with Gasteiger partial charge in [-0.2, -0.15) is 0 Å². The van der Waals surface area contributed by atoms with E-state index in [4.69, 9.17) is 0 Å². The number of fused-ring (bicyclic) bond motifs is 8. The highest BCUT2D eigenvalue weighted by Crippen LogP contribution is 2.41. The monoisotopic (exact) mass is 660 g/mol. The molecule has 0 saturated carbocycles. The van der Waals surface area contributed by atoms with E-state index in [9.17, 15) is 0 Å². The molecule has 0 aliphatic rings. The summed E-state index contributed by atoms with van der Waals surface area (Å²) < 4.78 is 4.81. The minimum atomic E-state index is 1.17. The van der Waals surface area contributed by atoms with Crippen molar-refractivity contribution in [1.29, 1.82) is 0 Å². The van der Waals surface area contributed by atoms with E-state index in [2.05, 4.69) is 203 Å². The van der Waals surface area contributed by atoms with Gasteiger partial charge < -0.3 is 9.13 Å². The topological polar surface area (TPSA) is 9.86 Å². The lowest BCUT2D eigenvalue weighted by atomic mass is 9.91. The van der Waals surface area contributed by atoms with E-state index < -0.39 is 0 Å². The number of para-hydroxylation sites is 3. The van der Waals surface area contributed by atoms with Crippen LogP contribution in [0.4, 0.5) is 0 Å². The molecular weight excluding hydrogens is 629 g/mol. The quantitative estimate of drug-likeness (QED) is 0.178. The van der Waals surface area contributed by atoms with E-state index >= 15 is 0 Å². The largest absolute Gasteiger partial charge is 0.309 e. The number of nitrogens with zero attached hydrogens (tertiary/aromatic N) is 2. The molecule has 11 aromatic rings. The molecule has 9 aromatic carbocycles. The molecule has 2 aromatic heterocycles. The van der Waals surface area contributed by atoms with Crippen LogP contribution in [0.5, 0.6) is 0 Å². The number of hydrogen-bond acceptors (Lipinski definition) is 0. The maximum atomic E-state index is 2.43. The molecule has 0 bridgehead atoms. The fourth-order valence-corrected chi connectivity index (χ4v) is 8.60. The zero-order valence-electron chi connectivity index (χ0n) is 28.4. The lowest BCUT2D eigenvalue weighted by Crippen LogP contribution is -1.95. The summed E-state index contributed by atoms with van der Waals surface area (Å²) in [6.07, 6.45) is 0. The molecule has 11 rings (SSSR count). The highest BCUT2D eigenvalue weighted by molar-refractivity contribution is 6.14. The average Bonchev–Trinajstić information content (AvgIpc) is 3.72. The molecule has 0 amide bonds. The van der Waals surface area contributed by atoms with Crippen molar-refractivity contribution in [1.82, 2.24) is 9.13 Å².